The molecule has 6 nitrogen and oxygen atoms in total. The average molecular weight is 431 g/mol. The van der Waals surface area contributed by atoms with Gasteiger partial charge in [0.2, 0.25) is 0 Å². The molecule has 1 aliphatic rings. The van der Waals surface area contributed by atoms with Crippen LogP contribution in [0.25, 0.3) is 0 Å². The molecule has 1 fully saturated rings. The van der Waals surface area contributed by atoms with E-state index in [1.807, 2.05) is 72.8 Å². The molecule has 164 valence electrons. The van der Waals surface area contributed by atoms with Crippen molar-refractivity contribution in [1.82, 2.24) is 0 Å². The van der Waals surface area contributed by atoms with Gasteiger partial charge in [-0.1, -0.05) is 24.3 Å². The van der Waals surface area contributed by atoms with Crippen molar-refractivity contribution in [3.63, 3.8) is 0 Å². The van der Waals surface area contributed by atoms with Crippen molar-refractivity contribution >= 4 is 12.2 Å². The van der Waals surface area contributed by atoms with Crippen LogP contribution < -0.4 is 14.2 Å². The van der Waals surface area contributed by atoms with E-state index in [4.69, 9.17) is 24.4 Å². The molecule has 3 aromatic carbocycles. The Labute approximate surface area is 187 Å². The molecule has 1 aliphatic carbocycles. The highest BCUT2D eigenvalue weighted by molar-refractivity contribution is 5.99. The van der Waals surface area contributed by atoms with Crippen LogP contribution in [-0.2, 0) is 16.1 Å². The summed E-state index contributed by atoms with van der Waals surface area (Å²) in [7, 11) is 1.62. The molecule has 0 radical (unpaired) electrons. The third-order valence-electron chi connectivity index (χ3n) is 5.42. The van der Waals surface area contributed by atoms with E-state index in [1.165, 1.54) is 0 Å². The third-order valence-corrected chi connectivity index (χ3v) is 5.42. The summed E-state index contributed by atoms with van der Waals surface area (Å²) in [6.07, 6.45) is 0.896. The van der Waals surface area contributed by atoms with Gasteiger partial charge in [0, 0.05) is 5.92 Å². The van der Waals surface area contributed by atoms with E-state index < -0.39 is 0 Å². The zero-order valence-electron chi connectivity index (χ0n) is 17.8. The first-order chi connectivity index (χ1) is 15.7. The van der Waals surface area contributed by atoms with Crippen LogP contribution in [0.15, 0.2) is 72.8 Å². The van der Waals surface area contributed by atoms with E-state index in [0.29, 0.717) is 30.5 Å². The molecule has 0 bridgehead atoms. The molecule has 2 unspecified atom stereocenters. The highest BCUT2D eigenvalue weighted by Crippen LogP contribution is 2.43. The molecular weight excluding hydrogens is 406 g/mol. The predicted octanol–water partition coefficient (Wildman–Crippen LogP) is 4.75. The van der Waals surface area contributed by atoms with Gasteiger partial charge in [0.25, 0.3) is 6.47 Å². The second-order valence-corrected chi connectivity index (χ2v) is 7.61. The van der Waals surface area contributed by atoms with Crippen molar-refractivity contribution < 1.29 is 23.7 Å². The quantitative estimate of drug-likeness (QED) is 0.350. The highest BCUT2D eigenvalue weighted by atomic mass is 16.5. The molecule has 1 saturated carbocycles. The Morgan fingerprint density at radius 2 is 1.53 bits per heavy atom. The predicted molar refractivity (Wildman–Crippen MR) is 121 cm³/mol. The summed E-state index contributed by atoms with van der Waals surface area (Å²) < 4.78 is 21.7. The van der Waals surface area contributed by atoms with E-state index in [0.717, 1.165) is 34.6 Å². The fraction of sp³-hybridized carbons (Fsp3) is 0.231. The normalized spacial score (nSPS) is 16.7. The van der Waals surface area contributed by atoms with Crippen molar-refractivity contribution in [2.24, 2.45) is 0 Å². The Hall–Kier alpha value is -3.80. The zero-order valence-corrected chi connectivity index (χ0v) is 17.8. The molecule has 6 heteroatoms. The van der Waals surface area contributed by atoms with E-state index in [-0.39, 0.29) is 12.7 Å². The smallest absolute Gasteiger partial charge is 0.293 e. The Bertz CT molecular complexity index is 1050. The maximum Gasteiger partial charge on any atom is 0.293 e. The Kier molecular flexibility index (Phi) is 6.70. The lowest BCUT2D eigenvalue weighted by atomic mass is 10.1. The maximum absolute atomic E-state index is 10.4. The van der Waals surface area contributed by atoms with Gasteiger partial charge in [-0.15, -0.1) is 0 Å². The summed E-state index contributed by atoms with van der Waals surface area (Å²) in [6.45, 7) is 1.15. The fourth-order valence-corrected chi connectivity index (χ4v) is 3.44. The average Bonchev–Trinajstić information content (AvgIpc) is 3.62. The van der Waals surface area contributed by atoms with Crippen LogP contribution >= 0.6 is 0 Å². The summed E-state index contributed by atoms with van der Waals surface area (Å²) in [6, 6.07) is 22.9. The molecule has 2 atom stereocenters. The van der Waals surface area contributed by atoms with Gasteiger partial charge in [-0.05, 0) is 71.6 Å². The molecule has 0 spiro atoms. The van der Waals surface area contributed by atoms with Gasteiger partial charge in [0.15, 0.2) is 0 Å². The summed E-state index contributed by atoms with van der Waals surface area (Å²) >= 11 is 0. The SMILES string of the molecule is COc1ccc(C(=N)COc2ccc(COc3ccc(C4CC4OC=O)cc3)cc2)cc1. The number of hydrogen-bond acceptors (Lipinski definition) is 6. The van der Waals surface area contributed by atoms with E-state index in [2.05, 4.69) is 0 Å². The van der Waals surface area contributed by atoms with Gasteiger partial charge < -0.3 is 24.4 Å². The first-order valence-electron chi connectivity index (χ1n) is 10.4. The van der Waals surface area contributed by atoms with Crippen LogP contribution in [-0.4, -0.2) is 32.0 Å². The van der Waals surface area contributed by atoms with Crippen LogP contribution in [0.2, 0.25) is 0 Å². The molecule has 0 heterocycles. The number of benzene rings is 3. The van der Waals surface area contributed by atoms with E-state index in [9.17, 15) is 4.79 Å². The first kappa shape index (κ1) is 21.4. The molecule has 0 aliphatic heterocycles. The van der Waals surface area contributed by atoms with Gasteiger partial charge in [0.1, 0.15) is 36.6 Å². The van der Waals surface area contributed by atoms with Crippen LogP contribution in [0.5, 0.6) is 17.2 Å². The van der Waals surface area contributed by atoms with Gasteiger partial charge in [-0.3, -0.25) is 4.79 Å². The minimum absolute atomic E-state index is 0.0138. The Balaban J connectivity index is 1.23. The number of carbonyl (C=O) groups is 1. The monoisotopic (exact) mass is 431 g/mol. The number of ether oxygens (including phenoxy) is 4. The van der Waals surface area contributed by atoms with Gasteiger partial charge in [0.05, 0.1) is 12.8 Å². The molecule has 0 saturated heterocycles. The molecule has 0 amide bonds. The summed E-state index contributed by atoms with van der Waals surface area (Å²) in [5.74, 6) is 2.55. The lowest BCUT2D eigenvalue weighted by molar-refractivity contribution is -0.129. The zero-order chi connectivity index (χ0) is 22.3. The minimum atomic E-state index is 0.0138. The first-order valence-corrected chi connectivity index (χ1v) is 10.4. The van der Waals surface area contributed by atoms with E-state index >= 15 is 0 Å². The van der Waals surface area contributed by atoms with Crippen molar-refractivity contribution in [3.8, 4) is 17.2 Å². The standard InChI is InChI=1S/C26H25NO5/c1-29-21-10-6-20(7-11-21)25(27)16-31-22-8-2-18(3-9-22)15-30-23-12-4-19(5-13-23)24-14-26(24)32-17-28/h2-13,17,24,26-27H,14-16H2,1H3. The lowest BCUT2D eigenvalue weighted by Crippen LogP contribution is -2.11. The van der Waals surface area contributed by atoms with Crippen LogP contribution in [0.1, 0.15) is 29.0 Å². The fourth-order valence-electron chi connectivity index (χ4n) is 3.44. The van der Waals surface area contributed by atoms with E-state index in [1.54, 1.807) is 7.11 Å². The molecular formula is C26H25NO5. The maximum atomic E-state index is 10.4. The second kappa shape index (κ2) is 10.0. The Morgan fingerprint density at radius 1 is 0.906 bits per heavy atom. The summed E-state index contributed by atoms with van der Waals surface area (Å²) in [4.78, 5) is 10.4. The number of hydrogen-bond donors (Lipinski definition) is 1. The molecule has 1 N–H and O–H groups in total. The number of nitrogens with one attached hydrogen (secondary N) is 1. The van der Waals surface area contributed by atoms with Crippen molar-refractivity contribution in [3.05, 3.63) is 89.5 Å². The van der Waals surface area contributed by atoms with Gasteiger partial charge in [-0.25, -0.2) is 0 Å². The summed E-state index contributed by atoms with van der Waals surface area (Å²) in [5, 5.41) is 8.18. The topological polar surface area (TPSA) is 77.8 Å². The van der Waals surface area contributed by atoms with Crippen molar-refractivity contribution in [2.75, 3.05) is 13.7 Å². The van der Waals surface area contributed by atoms with Crippen LogP contribution in [0.3, 0.4) is 0 Å². The van der Waals surface area contributed by atoms with Crippen molar-refractivity contribution in [2.45, 2.75) is 25.0 Å². The second-order valence-electron chi connectivity index (χ2n) is 7.61. The molecule has 32 heavy (non-hydrogen) atoms. The third kappa shape index (κ3) is 5.46. The van der Waals surface area contributed by atoms with Gasteiger partial charge in [-0.2, -0.15) is 0 Å². The number of methoxy groups -OCH3 is 1. The van der Waals surface area contributed by atoms with Crippen molar-refractivity contribution in [1.29, 1.82) is 5.41 Å². The lowest BCUT2D eigenvalue weighted by Gasteiger charge is -2.10. The summed E-state index contributed by atoms with van der Waals surface area (Å²) in [5.41, 5.74) is 3.38. The molecule has 3 aromatic rings. The molecule has 0 aromatic heterocycles. The number of carbonyl (C=O) groups excluding carboxylic acids is 1. The largest absolute Gasteiger partial charge is 0.497 e. The highest BCUT2D eigenvalue weighted by Gasteiger charge is 2.40. The molecule has 4 rings (SSSR count). The van der Waals surface area contributed by atoms with Crippen LogP contribution in [0.4, 0.5) is 0 Å². The minimum Gasteiger partial charge on any atom is -0.497 e. The van der Waals surface area contributed by atoms with Crippen LogP contribution in [0, 0.1) is 5.41 Å². The Morgan fingerprint density at radius 3 is 2.19 bits per heavy atom. The van der Waals surface area contributed by atoms with Gasteiger partial charge >= 0.3 is 0 Å². The number of rotatable bonds is 11.